The fraction of sp³-hybridized carbons (Fsp3) is 0.200. The quantitative estimate of drug-likeness (QED) is 0.555. The summed E-state index contributed by atoms with van der Waals surface area (Å²) in [7, 11) is -3.49. The lowest BCUT2D eigenvalue weighted by molar-refractivity contribution is -0.137. The third-order valence-corrected chi connectivity index (χ3v) is 5.33. The van der Waals surface area contributed by atoms with Crippen molar-refractivity contribution < 1.29 is 22.7 Å². The Morgan fingerprint density at radius 1 is 1.04 bits per heavy atom. The van der Waals surface area contributed by atoms with Crippen molar-refractivity contribution in [3.63, 3.8) is 0 Å². The highest BCUT2D eigenvalue weighted by molar-refractivity contribution is 7.91. The van der Waals surface area contributed by atoms with Crippen molar-refractivity contribution in [1.82, 2.24) is 0 Å². The van der Waals surface area contributed by atoms with Crippen LogP contribution < -0.4 is 5.32 Å². The lowest BCUT2D eigenvalue weighted by Crippen LogP contribution is -2.17. The molecule has 2 rings (SSSR count). The predicted molar refractivity (Wildman–Crippen MR) is 104 cm³/mol. The van der Waals surface area contributed by atoms with E-state index in [9.17, 15) is 18.0 Å². The van der Waals surface area contributed by atoms with Gasteiger partial charge < -0.3 is 10.1 Å². The third-order valence-electron chi connectivity index (χ3n) is 3.59. The highest BCUT2D eigenvalue weighted by atomic mass is 32.2. The molecular formula is C20H21NO5S. The van der Waals surface area contributed by atoms with Gasteiger partial charge in [-0.1, -0.05) is 30.3 Å². The summed E-state index contributed by atoms with van der Waals surface area (Å²) >= 11 is 0. The fourth-order valence-corrected chi connectivity index (χ4v) is 3.49. The minimum Gasteiger partial charge on any atom is -0.463 e. The topological polar surface area (TPSA) is 89.5 Å². The first kappa shape index (κ1) is 20.4. The number of esters is 1. The molecule has 0 saturated carbocycles. The van der Waals surface area contributed by atoms with Gasteiger partial charge in [0.1, 0.15) is 0 Å². The van der Waals surface area contributed by atoms with Gasteiger partial charge in [0.2, 0.25) is 5.91 Å². The van der Waals surface area contributed by atoms with Crippen molar-refractivity contribution >= 4 is 33.5 Å². The predicted octanol–water partition coefficient (Wildman–Crippen LogP) is 3.07. The van der Waals surface area contributed by atoms with Gasteiger partial charge in [-0.25, -0.2) is 13.2 Å². The van der Waals surface area contributed by atoms with Crippen LogP contribution in [0, 0.1) is 0 Å². The first-order valence-electron chi connectivity index (χ1n) is 8.43. The van der Waals surface area contributed by atoms with Crippen molar-refractivity contribution in [2.24, 2.45) is 0 Å². The van der Waals surface area contributed by atoms with Crippen LogP contribution in [0.4, 0.5) is 5.69 Å². The number of hydrogen-bond acceptors (Lipinski definition) is 5. The summed E-state index contributed by atoms with van der Waals surface area (Å²) in [6, 6.07) is 14.8. The number of sulfone groups is 1. The van der Waals surface area contributed by atoms with Gasteiger partial charge in [0, 0.05) is 18.2 Å². The van der Waals surface area contributed by atoms with Gasteiger partial charge >= 0.3 is 5.97 Å². The summed E-state index contributed by atoms with van der Waals surface area (Å²) in [6.07, 6.45) is 2.79. The zero-order valence-corrected chi connectivity index (χ0v) is 15.7. The van der Waals surface area contributed by atoms with Crippen LogP contribution in [0.2, 0.25) is 0 Å². The Labute approximate surface area is 158 Å². The zero-order chi connectivity index (χ0) is 19.7. The maximum absolute atomic E-state index is 12.2. The van der Waals surface area contributed by atoms with Gasteiger partial charge in [0.15, 0.2) is 9.84 Å². The normalized spacial score (nSPS) is 11.3. The molecule has 2 aromatic rings. The Bertz CT molecular complexity index is 903. The molecule has 0 saturated heterocycles. The van der Waals surface area contributed by atoms with E-state index in [1.807, 2.05) is 0 Å². The molecule has 142 valence electrons. The maximum Gasteiger partial charge on any atom is 0.330 e. The van der Waals surface area contributed by atoms with Gasteiger partial charge in [-0.05, 0) is 42.8 Å². The van der Waals surface area contributed by atoms with Crippen LogP contribution >= 0.6 is 0 Å². The zero-order valence-electron chi connectivity index (χ0n) is 14.9. The molecule has 0 radical (unpaired) electrons. The van der Waals surface area contributed by atoms with E-state index in [1.54, 1.807) is 55.5 Å². The molecule has 6 nitrogen and oxygen atoms in total. The Hall–Kier alpha value is -2.93. The van der Waals surface area contributed by atoms with Crippen molar-refractivity contribution in [2.45, 2.75) is 18.2 Å². The minimum absolute atomic E-state index is 0.137. The molecule has 0 aromatic heterocycles. The van der Waals surface area contributed by atoms with Gasteiger partial charge in [-0.3, -0.25) is 4.79 Å². The molecule has 0 spiro atoms. The Balaban J connectivity index is 1.88. The molecule has 0 heterocycles. The van der Waals surface area contributed by atoms with E-state index < -0.39 is 15.8 Å². The summed E-state index contributed by atoms with van der Waals surface area (Å²) in [5.41, 5.74) is 1.32. The number of carbonyl (C=O) groups is 2. The summed E-state index contributed by atoms with van der Waals surface area (Å²) in [5.74, 6) is -1.07. The average Bonchev–Trinajstić information content (AvgIpc) is 2.67. The molecule has 1 N–H and O–H groups in total. The Morgan fingerprint density at radius 2 is 1.70 bits per heavy atom. The van der Waals surface area contributed by atoms with E-state index >= 15 is 0 Å². The second kappa shape index (κ2) is 9.68. The van der Waals surface area contributed by atoms with Crippen molar-refractivity contribution in [3.05, 3.63) is 66.2 Å². The average molecular weight is 387 g/mol. The van der Waals surface area contributed by atoms with E-state index in [-0.39, 0.29) is 23.0 Å². The number of hydrogen-bond donors (Lipinski definition) is 1. The summed E-state index contributed by atoms with van der Waals surface area (Å²) in [4.78, 5) is 23.5. The smallest absolute Gasteiger partial charge is 0.330 e. The number of amides is 1. The maximum atomic E-state index is 12.2. The van der Waals surface area contributed by atoms with Crippen LogP contribution in [0.25, 0.3) is 6.08 Å². The first-order valence-corrected chi connectivity index (χ1v) is 10.1. The van der Waals surface area contributed by atoms with Gasteiger partial charge in [-0.15, -0.1) is 0 Å². The van der Waals surface area contributed by atoms with E-state index in [1.165, 1.54) is 18.2 Å². The highest BCUT2D eigenvalue weighted by Crippen LogP contribution is 2.14. The van der Waals surface area contributed by atoms with Crippen LogP contribution in [-0.4, -0.2) is 32.7 Å². The molecule has 1 amide bonds. The number of nitrogens with one attached hydrogen (secondary N) is 1. The molecule has 0 bridgehead atoms. The van der Waals surface area contributed by atoms with Crippen molar-refractivity contribution in [1.29, 1.82) is 0 Å². The monoisotopic (exact) mass is 387 g/mol. The third kappa shape index (κ3) is 6.71. The number of rotatable bonds is 8. The van der Waals surface area contributed by atoms with E-state index in [2.05, 4.69) is 5.32 Å². The van der Waals surface area contributed by atoms with Crippen LogP contribution in [-0.2, 0) is 24.2 Å². The molecule has 27 heavy (non-hydrogen) atoms. The molecule has 0 aliphatic carbocycles. The summed E-state index contributed by atoms with van der Waals surface area (Å²) in [5, 5.41) is 2.66. The second-order valence-electron chi connectivity index (χ2n) is 5.64. The second-order valence-corrected chi connectivity index (χ2v) is 7.75. The largest absolute Gasteiger partial charge is 0.463 e. The van der Waals surface area contributed by atoms with Crippen molar-refractivity contribution in [2.75, 3.05) is 17.7 Å². The fourth-order valence-electron chi connectivity index (χ4n) is 2.23. The molecule has 7 heteroatoms. The first-order chi connectivity index (χ1) is 12.9. The SMILES string of the molecule is CCOC(=O)/C=C/c1ccc(NC(=O)CCS(=O)(=O)c2ccccc2)cc1. The number of ether oxygens (including phenoxy) is 1. The summed E-state index contributed by atoms with van der Waals surface area (Å²) < 4.78 is 29.2. The number of benzene rings is 2. The van der Waals surface area contributed by atoms with Crippen LogP contribution in [0.15, 0.2) is 65.6 Å². The van der Waals surface area contributed by atoms with Gasteiger partial charge in [-0.2, -0.15) is 0 Å². The Morgan fingerprint density at radius 3 is 2.33 bits per heavy atom. The van der Waals surface area contributed by atoms with E-state index in [0.717, 1.165) is 5.56 Å². The standard InChI is InChI=1S/C20H21NO5S/c1-2-26-20(23)13-10-16-8-11-17(12-9-16)21-19(22)14-15-27(24,25)18-6-4-3-5-7-18/h3-13H,2,14-15H2,1H3,(H,21,22)/b13-10+. The molecule has 0 unspecified atom stereocenters. The molecule has 0 aliphatic rings. The summed E-state index contributed by atoms with van der Waals surface area (Å²) in [6.45, 7) is 2.04. The molecule has 0 atom stereocenters. The Kier molecular flexibility index (Phi) is 7.31. The molecule has 0 aliphatic heterocycles. The van der Waals surface area contributed by atoms with Crippen LogP contribution in [0.3, 0.4) is 0 Å². The number of anilines is 1. The van der Waals surface area contributed by atoms with Crippen LogP contribution in [0.1, 0.15) is 18.9 Å². The number of carbonyl (C=O) groups excluding carboxylic acids is 2. The van der Waals surface area contributed by atoms with Gasteiger partial charge in [0.05, 0.1) is 17.3 Å². The van der Waals surface area contributed by atoms with Gasteiger partial charge in [0.25, 0.3) is 0 Å². The minimum atomic E-state index is -3.49. The molecule has 0 fully saturated rings. The molecule has 2 aromatic carbocycles. The lowest BCUT2D eigenvalue weighted by Gasteiger charge is -2.07. The highest BCUT2D eigenvalue weighted by Gasteiger charge is 2.16. The lowest BCUT2D eigenvalue weighted by atomic mass is 10.2. The molecular weight excluding hydrogens is 366 g/mol. The van der Waals surface area contributed by atoms with Crippen molar-refractivity contribution in [3.8, 4) is 0 Å². The van der Waals surface area contributed by atoms with E-state index in [0.29, 0.717) is 12.3 Å². The van der Waals surface area contributed by atoms with E-state index in [4.69, 9.17) is 4.74 Å². The van der Waals surface area contributed by atoms with Crippen LogP contribution in [0.5, 0.6) is 0 Å².